The normalized spacial score (nSPS) is 10.6. The van der Waals surface area contributed by atoms with Crippen molar-refractivity contribution in [2.75, 3.05) is 0 Å². The highest BCUT2D eigenvalue weighted by Gasteiger charge is 2.17. The third-order valence-electron chi connectivity index (χ3n) is 3.25. The van der Waals surface area contributed by atoms with E-state index in [0.717, 1.165) is 5.56 Å². The second-order valence-electron chi connectivity index (χ2n) is 5.01. The van der Waals surface area contributed by atoms with Gasteiger partial charge in [-0.05, 0) is 30.7 Å². The van der Waals surface area contributed by atoms with Crippen LogP contribution >= 0.6 is 11.6 Å². The summed E-state index contributed by atoms with van der Waals surface area (Å²) in [6.45, 7) is 1.74. The van der Waals surface area contributed by atoms with Gasteiger partial charge in [0.25, 0.3) is 5.89 Å². The molecule has 0 saturated heterocycles. The Hall–Kier alpha value is -2.93. The summed E-state index contributed by atoms with van der Waals surface area (Å²) in [6.07, 6.45) is 0. The predicted octanol–water partition coefficient (Wildman–Crippen LogP) is 4.19. The Morgan fingerprint density at radius 3 is 2.83 bits per heavy atom. The number of nitro benzene ring substituents is 1. The average Bonchev–Trinajstić information content (AvgIpc) is 3.02. The molecule has 0 radical (unpaired) electrons. The molecule has 7 nitrogen and oxygen atoms in total. The Morgan fingerprint density at radius 2 is 2.08 bits per heavy atom. The second-order valence-corrected chi connectivity index (χ2v) is 5.42. The molecule has 0 N–H and O–H groups in total. The molecule has 0 aliphatic heterocycles. The van der Waals surface area contributed by atoms with Gasteiger partial charge >= 0.3 is 5.69 Å². The van der Waals surface area contributed by atoms with Gasteiger partial charge in [-0.2, -0.15) is 4.98 Å². The van der Waals surface area contributed by atoms with Crippen LogP contribution in [0.5, 0.6) is 5.75 Å². The fraction of sp³-hybridized carbons (Fsp3) is 0.125. The predicted molar refractivity (Wildman–Crippen MR) is 86.9 cm³/mol. The zero-order valence-electron chi connectivity index (χ0n) is 12.6. The highest BCUT2D eigenvalue weighted by Crippen LogP contribution is 2.29. The molecule has 3 aromatic rings. The standard InChI is InChI=1S/C16H12ClN3O4/c1-10-6-7-13(20(21)22)14(8-10)23-9-15-18-16(19-24-15)11-4-2-3-5-12(11)17/h2-8H,9H2,1H3. The molecule has 0 bridgehead atoms. The zero-order valence-corrected chi connectivity index (χ0v) is 13.4. The summed E-state index contributed by atoms with van der Waals surface area (Å²) >= 11 is 6.09. The number of aromatic nitrogens is 2. The van der Waals surface area contributed by atoms with Gasteiger partial charge in [-0.1, -0.05) is 35.0 Å². The van der Waals surface area contributed by atoms with E-state index >= 15 is 0 Å². The van der Waals surface area contributed by atoms with E-state index in [9.17, 15) is 10.1 Å². The minimum atomic E-state index is -0.502. The van der Waals surface area contributed by atoms with Crippen LogP contribution in [-0.4, -0.2) is 15.1 Å². The Morgan fingerprint density at radius 1 is 1.29 bits per heavy atom. The van der Waals surface area contributed by atoms with Crippen LogP contribution < -0.4 is 4.74 Å². The number of aryl methyl sites for hydroxylation is 1. The lowest BCUT2D eigenvalue weighted by Gasteiger charge is -2.05. The number of halogens is 1. The average molecular weight is 346 g/mol. The fourth-order valence-corrected chi connectivity index (χ4v) is 2.31. The van der Waals surface area contributed by atoms with Gasteiger partial charge in [0.05, 0.1) is 9.95 Å². The minimum Gasteiger partial charge on any atom is -0.477 e. The van der Waals surface area contributed by atoms with Gasteiger partial charge in [-0.15, -0.1) is 0 Å². The Balaban J connectivity index is 1.78. The number of hydrogen-bond acceptors (Lipinski definition) is 6. The van der Waals surface area contributed by atoms with E-state index in [-0.39, 0.29) is 23.9 Å². The summed E-state index contributed by atoms with van der Waals surface area (Å²) in [7, 11) is 0. The summed E-state index contributed by atoms with van der Waals surface area (Å²) < 4.78 is 10.6. The Labute approximate surface area is 142 Å². The van der Waals surface area contributed by atoms with Crippen molar-refractivity contribution in [2.24, 2.45) is 0 Å². The van der Waals surface area contributed by atoms with Gasteiger partial charge in [0.15, 0.2) is 12.4 Å². The molecule has 0 saturated carbocycles. The lowest BCUT2D eigenvalue weighted by Crippen LogP contribution is -2.00. The molecule has 0 aliphatic rings. The van der Waals surface area contributed by atoms with Gasteiger partial charge in [0, 0.05) is 11.6 Å². The van der Waals surface area contributed by atoms with Crippen molar-refractivity contribution < 1.29 is 14.2 Å². The van der Waals surface area contributed by atoms with E-state index in [4.69, 9.17) is 20.9 Å². The number of nitrogens with zero attached hydrogens (tertiary/aromatic N) is 3. The highest BCUT2D eigenvalue weighted by molar-refractivity contribution is 6.33. The quantitative estimate of drug-likeness (QED) is 0.508. The van der Waals surface area contributed by atoms with Crippen molar-refractivity contribution in [1.82, 2.24) is 10.1 Å². The molecular weight excluding hydrogens is 334 g/mol. The van der Waals surface area contributed by atoms with E-state index in [1.807, 2.05) is 13.0 Å². The fourth-order valence-electron chi connectivity index (χ4n) is 2.09. The van der Waals surface area contributed by atoms with E-state index < -0.39 is 4.92 Å². The van der Waals surface area contributed by atoms with Gasteiger partial charge in [0.2, 0.25) is 5.82 Å². The van der Waals surface area contributed by atoms with Crippen molar-refractivity contribution in [3.63, 3.8) is 0 Å². The van der Waals surface area contributed by atoms with Crippen LogP contribution in [0.3, 0.4) is 0 Å². The van der Waals surface area contributed by atoms with Crippen LogP contribution in [0.2, 0.25) is 5.02 Å². The van der Waals surface area contributed by atoms with E-state index in [2.05, 4.69) is 10.1 Å². The SMILES string of the molecule is Cc1ccc([N+](=O)[O-])c(OCc2nc(-c3ccccc3Cl)no2)c1. The van der Waals surface area contributed by atoms with Crippen LogP contribution in [0.4, 0.5) is 5.69 Å². The first-order valence-corrected chi connectivity index (χ1v) is 7.37. The summed E-state index contributed by atoms with van der Waals surface area (Å²) in [6, 6.07) is 11.7. The first kappa shape index (κ1) is 15.9. The van der Waals surface area contributed by atoms with Crippen molar-refractivity contribution in [3.8, 4) is 17.1 Å². The Bertz CT molecular complexity index is 895. The maximum atomic E-state index is 11.0. The first-order valence-electron chi connectivity index (χ1n) is 7.00. The molecule has 0 amide bonds. The topological polar surface area (TPSA) is 91.3 Å². The monoisotopic (exact) mass is 345 g/mol. The van der Waals surface area contributed by atoms with Crippen LogP contribution in [0.1, 0.15) is 11.5 Å². The zero-order chi connectivity index (χ0) is 17.1. The molecule has 0 spiro atoms. The maximum Gasteiger partial charge on any atom is 0.310 e. The Kier molecular flexibility index (Phi) is 4.43. The lowest BCUT2D eigenvalue weighted by molar-refractivity contribution is -0.386. The number of benzene rings is 2. The number of nitro groups is 1. The molecule has 2 aromatic carbocycles. The third kappa shape index (κ3) is 3.36. The van der Waals surface area contributed by atoms with Crippen LogP contribution in [0.15, 0.2) is 47.0 Å². The molecule has 24 heavy (non-hydrogen) atoms. The van der Waals surface area contributed by atoms with Crippen molar-refractivity contribution in [1.29, 1.82) is 0 Å². The van der Waals surface area contributed by atoms with Crippen molar-refractivity contribution >= 4 is 17.3 Å². The molecule has 3 rings (SSSR count). The minimum absolute atomic E-state index is 0.0816. The van der Waals surface area contributed by atoms with E-state index in [1.165, 1.54) is 6.07 Å². The molecule has 8 heteroatoms. The van der Waals surface area contributed by atoms with Crippen LogP contribution in [-0.2, 0) is 6.61 Å². The third-order valence-corrected chi connectivity index (χ3v) is 3.58. The van der Waals surface area contributed by atoms with Gasteiger partial charge < -0.3 is 9.26 Å². The maximum absolute atomic E-state index is 11.0. The largest absolute Gasteiger partial charge is 0.477 e. The number of ether oxygens (including phenoxy) is 1. The van der Waals surface area contributed by atoms with Crippen molar-refractivity contribution in [3.05, 3.63) is 69.1 Å². The summed E-state index contributed by atoms with van der Waals surface area (Å²) in [5, 5.41) is 15.4. The number of hydrogen-bond donors (Lipinski definition) is 0. The summed E-state index contributed by atoms with van der Waals surface area (Å²) in [4.78, 5) is 14.7. The van der Waals surface area contributed by atoms with Crippen LogP contribution in [0, 0.1) is 17.0 Å². The molecule has 0 fully saturated rings. The molecule has 0 unspecified atom stereocenters. The molecule has 1 heterocycles. The smallest absolute Gasteiger partial charge is 0.310 e. The van der Waals surface area contributed by atoms with Crippen LogP contribution in [0.25, 0.3) is 11.4 Å². The molecule has 0 aliphatic carbocycles. The first-order chi connectivity index (χ1) is 11.5. The van der Waals surface area contributed by atoms with Gasteiger partial charge in [-0.3, -0.25) is 10.1 Å². The summed E-state index contributed by atoms with van der Waals surface area (Å²) in [5.41, 5.74) is 1.36. The molecule has 0 atom stereocenters. The second kappa shape index (κ2) is 6.67. The van der Waals surface area contributed by atoms with E-state index in [1.54, 1.807) is 30.3 Å². The highest BCUT2D eigenvalue weighted by atomic mass is 35.5. The number of rotatable bonds is 5. The summed E-state index contributed by atoms with van der Waals surface area (Å²) in [5.74, 6) is 0.677. The van der Waals surface area contributed by atoms with Gasteiger partial charge in [0.1, 0.15) is 0 Å². The molecule has 122 valence electrons. The molecule has 1 aromatic heterocycles. The van der Waals surface area contributed by atoms with E-state index in [0.29, 0.717) is 16.4 Å². The van der Waals surface area contributed by atoms with Crippen molar-refractivity contribution in [2.45, 2.75) is 13.5 Å². The van der Waals surface area contributed by atoms with Gasteiger partial charge in [-0.25, -0.2) is 0 Å². The lowest BCUT2D eigenvalue weighted by atomic mass is 10.2. The molecular formula is C16H12ClN3O4.